The van der Waals surface area contributed by atoms with Gasteiger partial charge in [-0.3, -0.25) is 14.5 Å². The Morgan fingerprint density at radius 1 is 1.06 bits per heavy atom. The maximum Gasteiger partial charge on any atom is 0.251 e. The number of amides is 2. The molecule has 1 aliphatic rings. The highest BCUT2D eigenvalue weighted by Crippen LogP contribution is 2.26. The van der Waals surface area contributed by atoms with Gasteiger partial charge in [-0.25, -0.2) is 0 Å². The number of carbonyl (C=O) groups excluding carboxylic acids is 2. The molecular weight excluding hydrogens is 390 g/mol. The van der Waals surface area contributed by atoms with Crippen molar-refractivity contribution in [2.75, 3.05) is 31.1 Å². The molecule has 0 radical (unpaired) electrons. The lowest BCUT2D eigenvalue weighted by Crippen LogP contribution is -2.36. The first-order chi connectivity index (χ1) is 14.8. The van der Waals surface area contributed by atoms with Crippen LogP contribution in [0, 0.1) is 5.92 Å². The van der Waals surface area contributed by atoms with Gasteiger partial charge >= 0.3 is 0 Å². The third-order valence-corrected chi connectivity index (χ3v) is 5.94. The van der Waals surface area contributed by atoms with Crippen LogP contribution < -0.4 is 10.2 Å². The van der Waals surface area contributed by atoms with Gasteiger partial charge in [0.15, 0.2) is 0 Å². The average Bonchev–Trinajstić information content (AvgIpc) is 2.72. The zero-order valence-electron chi connectivity index (χ0n) is 19.8. The van der Waals surface area contributed by atoms with Crippen molar-refractivity contribution in [2.45, 2.75) is 78.8 Å². The molecule has 0 aliphatic carbocycles. The Labute approximate surface area is 188 Å². The first kappa shape index (κ1) is 25.3. The van der Waals surface area contributed by atoms with Gasteiger partial charge in [-0.2, -0.15) is 0 Å². The highest BCUT2D eigenvalue weighted by molar-refractivity contribution is 5.97. The molecule has 1 atom stereocenters. The monoisotopic (exact) mass is 431 g/mol. The topological polar surface area (TPSA) is 72.9 Å². The van der Waals surface area contributed by atoms with Crippen LogP contribution in [0.2, 0.25) is 0 Å². The lowest BCUT2D eigenvalue weighted by molar-refractivity contribution is -0.116. The normalized spacial score (nSPS) is 17.4. The summed E-state index contributed by atoms with van der Waals surface area (Å²) in [5.74, 6) is 0.475. The van der Waals surface area contributed by atoms with Crippen molar-refractivity contribution in [1.29, 1.82) is 0 Å². The number of hydrogen-bond acceptors (Lipinski definition) is 4. The summed E-state index contributed by atoms with van der Waals surface area (Å²) in [5.41, 5.74) is 2.50. The minimum absolute atomic E-state index is 0.0399. The number of anilines is 1. The van der Waals surface area contributed by atoms with E-state index in [1.807, 2.05) is 17.0 Å². The Morgan fingerprint density at radius 3 is 2.39 bits per heavy atom. The fourth-order valence-electron chi connectivity index (χ4n) is 4.00. The minimum Gasteiger partial charge on any atom is -0.394 e. The summed E-state index contributed by atoms with van der Waals surface area (Å²) in [6.07, 6.45) is 6.85. The van der Waals surface area contributed by atoms with E-state index in [4.69, 9.17) is 0 Å². The van der Waals surface area contributed by atoms with Crippen molar-refractivity contribution in [2.24, 2.45) is 5.92 Å². The molecule has 2 amide bonds. The number of carbonyl (C=O) groups is 2. The van der Waals surface area contributed by atoms with Gasteiger partial charge in [-0.15, -0.1) is 0 Å². The Morgan fingerprint density at radius 2 is 1.74 bits per heavy atom. The molecule has 0 fully saturated rings. The van der Waals surface area contributed by atoms with E-state index in [0.29, 0.717) is 18.0 Å². The van der Waals surface area contributed by atoms with Gasteiger partial charge in [-0.05, 0) is 69.0 Å². The molecule has 1 aromatic rings. The van der Waals surface area contributed by atoms with Crippen LogP contribution in [0.3, 0.4) is 0 Å². The van der Waals surface area contributed by atoms with Crippen molar-refractivity contribution in [3.8, 4) is 0 Å². The molecule has 1 heterocycles. The molecule has 0 saturated heterocycles. The number of rotatable bonds is 6. The van der Waals surface area contributed by atoms with Crippen LogP contribution in [0.25, 0.3) is 0 Å². The number of nitrogens with one attached hydrogen (secondary N) is 1. The number of aliphatic hydroxyl groups is 1. The van der Waals surface area contributed by atoms with Gasteiger partial charge in [0, 0.05) is 37.3 Å². The van der Waals surface area contributed by atoms with Crippen molar-refractivity contribution < 1.29 is 14.7 Å². The zero-order chi connectivity index (χ0) is 22.8. The maximum atomic E-state index is 12.7. The zero-order valence-corrected chi connectivity index (χ0v) is 19.8. The molecule has 0 saturated carbocycles. The van der Waals surface area contributed by atoms with Crippen molar-refractivity contribution in [3.05, 3.63) is 29.3 Å². The molecule has 0 unspecified atom stereocenters. The summed E-state index contributed by atoms with van der Waals surface area (Å²) in [7, 11) is 0. The third-order valence-electron chi connectivity index (χ3n) is 5.94. The van der Waals surface area contributed by atoms with E-state index in [0.717, 1.165) is 50.1 Å². The second-order valence-corrected chi connectivity index (χ2v) is 9.30. The molecule has 0 aromatic heterocycles. The molecular formula is C25H41N3O3. The number of benzene rings is 1. The van der Waals surface area contributed by atoms with Gasteiger partial charge in [0.1, 0.15) is 0 Å². The molecule has 1 aliphatic heterocycles. The minimum atomic E-state index is -0.301. The first-order valence-corrected chi connectivity index (χ1v) is 11.9. The van der Waals surface area contributed by atoms with Crippen LogP contribution in [0.15, 0.2) is 18.2 Å². The van der Waals surface area contributed by atoms with E-state index < -0.39 is 0 Å². The summed E-state index contributed by atoms with van der Waals surface area (Å²) < 4.78 is 0. The first-order valence-electron chi connectivity index (χ1n) is 11.9. The predicted molar refractivity (Wildman–Crippen MR) is 126 cm³/mol. The van der Waals surface area contributed by atoms with Crippen molar-refractivity contribution in [1.82, 2.24) is 10.2 Å². The number of fused-ring (bicyclic) bond motifs is 1. The molecule has 6 heteroatoms. The summed E-state index contributed by atoms with van der Waals surface area (Å²) >= 11 is 0. The van der Waals surface area contributed by atoms with Crippen molar-refractivity contribution >= 4 is 17.5 Å². The van der Waals surface area contributed by atoms with Gasteiger partial charge in [0.05, 0.1) is 6.61 Å². The summed E-state index contributed by atoms with van der Waals surface area (Å²) in [5, 5.41) is 12.1. The van der Waals surface area contributed by atoms with Crippen LogP contribution in [0.4, 0.5) is 5.69 Å². The molecule has 31 heavy (non-hydrogen) atoms. The van der Waals surface area contributed by atoms with Crippen LogP contribution in [-0.2, 0) is 11.3 Å². The highest BCUT2D eigenvalue weighted by Gasteiger charge is 2.20. The molecule has 2 N–H and O–H groups in total. The molecule has 1 aromatic carbocycles. The summed E-state index contributed by atoms with van der Waals surface area (Å²) in [4.78, 5) is 29.5. The van der Waals surface area contributed by atoms with E-state index in [1.165, 1.54) is 19.3 Å². The van der Waals surface area contributed by atoms with Crippen LogP contribution >= 0.6 is 0 Å². The Hall–Kier alpha value is -1.92. The second kappa shape index (κ2) is 12.8. The highest BCUT2D eigenvalue weighted by atomic mass is 16.3. The fourth-order valence-corrected chi connectivity index (χ4v) is 4.00. The molecule has 6 nitrogen and oxygen atoms in total. The van der Waals surface area contributed by atoms with E-state index in [9.17, 15) is 14.7 Å². The SMILES string of the molecule is CC(=O)N1CCCCCCCN(CCC(C)C)Cc2cc(C(=O)N[C@@H](C)CO)ccc21. The summed E-state index contributed by atoms with van der Waals surface area (Å²) in [6.45, 7) is 11.3. The molecule has 174 valence electrons. The third kappa shape index (κ3) is 8.26. The van der Waals surface area contributed by atoms with E-state index >= 15 is 0 Å². The van der Waals surface area contributed by atoms with E-state index in [2.05, 4.69) is 24.1 Å². The molecule has 2 rings (SSSR count). The average molecular weight is 432 g/mol. The fraction of sp³-hybridized carbons (Fsp3) is 0.680. The molecule has 0 spiro atoms. The summed E-state index contributed by atoms with van der Waals surface area (Å²) in [6, 6.07) is 5.34. The quantitative estimate of drug-likeness (QED) is 0.715. The lowest BCUT2D eigenvalue weighted by Gasteiger charge is -2.29. The van der Waals surface area contributed by atoms with E-state index in [-0.39, 0.29) is 24.5 Å². The number of hydrogen-bond donors (Lipinski definition) is 2. The smallest absolute Gasteiger partial charge is 0.251 e. The maximum absolute atomic E-state index is 12.7. The largest absolute Gasteiger partial charge is 0.394 e. The van der Waals surface area contributed by atoms with Gasteiger partial charge in [0.25, 0.3) is 5.91 Å². The van der Waals surface area contributed by atoms with Crippen LogP contribution in [-0.4, -0.2) is 54.1 Å². The van der Waals surface area contributed by atoms with Gasteiger partial charge in [0.2, 0.25) is 5.91 Å². The second-order valence-electron chi connectivity index (χ2n) is 9.30. The van der Waals surface area contributed by atoms with E-state index in [1.54, 1.807) is 19.9 Å². The van der Waals surface area contributed by atoms with Crippen LogP contribution in [0.1, 0.15) is 82.1 Å². The van der Waals surface area contributed by atoms with Gasteiger partial charge < -0.3 is 15.3 Å². The van der Waals surface area contributed by atoms with Crippen LogP contribution in [0.5, 0.6) is 0 Å². The Bertz CT molecular complexity index is 720. The standard InChI is InChI=1S/C25H41N3O3/c1-19(2)12-15-27-13-8-6-5-7-9-14-28(21(4)30)24-11-10-22(16-23(24)17-27)25(31)26-20(3)18-29/h10-11,16,19-20,29H,5-9,12-15,17-18H2,1-4H3,(H,26,31)/t20-/m0/s1. The lowest BCUT2D eigenvalue weighted by atomic mass is 10.0. The van der Waals surface area contributed by atoms with Gasteiger partial charge in [-0.1, -0.05) is 33.1 Å². The Kier molecular flexibility index (Phi) is 10.5. The Balaban J connectivity index is 2.39. The van der Waals surface area contributed by atoms with Crippen molar-refractivity contribution in [3.63, 3.8) is 0 Å². The number of aliphatic hydroxyl groups excluding tert-OH is 1. The predicted octanol–water partition coefficient (Wildman–Crippen LogP) is 3.96. The number of nitrogens with zero attached hydrogens (tertiary/aromatic N) is 2. The molecule has 0 bridgehead atoms.